The number of hydrogen-bond donors (Lipinski definition) is 0. The van der Waals surface area contributed by atoms with Crippen molar-refractivity contribution >= 4 is 5.91 Å². The molecule has 2 rings (SSSR count). The van der Waals surface area contributed by atoms with Gasteiger partial charge in [0.05, 0.1) is 12.3 Å². The molecule has 1 aliphatic rings. The molecule has 1 aliphatic heterocycles. The highest BCUT2D eigenvalue weighted by atomic mass is 19.4. The van der Waals surface area contributed by atoms with E-state index in [0.717, 1.165) is 0 Å². The number of amides is 1. The second-order valence-electron chi connectivity index (χ2n) is 5.03. The summed E-state index contributed by atoms with van der Waals surface area (Å²) in [6.07, 6.45) is -3.92. The van der Waals surface area contributed by atoms with Crippen LogP contribution in [-0.4, -0.2) is 30.1 Å². The van der Waals surface area contributed by atoms with Crippen molar-refractivity contribution in [1.29, 1.82) is 0 Å². The lowest BCUT2D eigenvalue weighted by Gasteiger charge is -2.33. The van der Waals surface area contributed by atoms with Gasteiger partial charge in [-0.2, -0.15) is 13.2 Å². The third-order valence-corrected chi connectivity index (χ3v) is 3.48. The zero-order valence-corrected chi connectivity index (χ0v) is 10.8. The van der Waals surface area contributed by atoms with Crippen molar-refractivity contribution in [2.75, 3.05) is 13.1 Å². The molecular weight excluding hydrogens is 274 g/mol. The Balaban J connectivity index is 1.99. The Morgan fingerprint density at radius 3 is 2.75 bits per heavy atom. The summed E-state index contributed by atoms with van der Waals surface area (Å²) in [5.74, 6) is -2.29. The molecule has 0 aliphatic carbocycles. The highest BCUT2D eigenvalue weighted by Gasteiger charge is 2.42. The first kappa shape index (κ1) is 14.8. The Morgan fingerprint density at radius 1 is 1.35 bits per heavy atom. The van der Waals surface area contributed by atoms with Gasteiger partial charge in [0.15, 0.2) is 0 Å². The maximum Gasteiger partial charge on any atom is 0.393 e. The van der Waals surface area contributed by atoms with Crippen molar-refractivity contribution in [3.63, 3.8) is 0 Å². The van der Waals surface area contributed by atoms with Gasteiger partial charge < -0.3 is 4.90 Å². The van der Waals surface area contributed by atoms with Gasteiger partial charge in [-0.3, -0.25) is 4.79 Å². The molecule has 0 aromatic heterocycles. The molecule has 1 saturated heterocycles. The maximum atomic E-state index is 13.0. The molecule has 1 atom stereocenters. The van der Waals surface area contributed by atoms with E-state index in [2.05, 4.69) is 0 Å². The van der Waals surface area contributed by atoms with Crippen LogP contribution in [0.15, 0.2) is 24.3 Å². The summed E-state index contributed by atoms with van der Waals surface area (Å²) in [5, 5.41) is 0. The largest absolute Gasteiger partial charge is 0.393 e. The first-order valence-electron chi connectivity index (χ1n) is 6.45. The zero-order chi connectivity index (χ0) is 14.8. The molecule has 1 unspecified atom stereocenters. The lowest BCUT2D eigenvalue weighted by molar-refractivity contribution is -0.187. The van der Waals surface area contributed by atoms with Crippen LogP contribution in [0.3, 0.4) is 0 Å². The summed E-state index contributed by atoms with van der Waals surface area (Å²) >= 11 is 0. The monoisotopic (exact) mass is 289 g/mol. The predicted molar refractivity (Wildman–Crippen MR) is 65.5 cm³/mol. The molecule has 2 nitrogen and oxygen atoms in total. The van der Waals surface area contributed by atoms with Crippen molar-refractivity contribution in [2.45, 2.75) is 25.4 Å². The number of halogens is 4. The first-order valence-corrected chi connectivity index (χ1v) is 6.45. The smallest absolute Gasteiger partial charge is 0.342 e. The minimum atomic E-state index is -4.27. The molecule has 1 fully saturated rings. The number of nitrogens with zero attached hydrogens (tertiary/aromatic N) is 1. The topological polar surface area (TPSA) is 20.3 Å². The molecule has 0 N–H and O–H groups in total. The Labute approximate surface area is 114 Å². The normalized spacial score (nSPS) is 20.0. The Bertz CT molecular complexity index is 486. The van der Waals surface area contributed by atoms with Crippen LogP contribution in [0.25, 0.3) is 0 Å². The van der Waals surface area contributed by atoms with Gasteiger partial charge in [-0.05, 0) is 30.5 Å². The van der Waals surface area contributed by atoms with Crippen LogP contribution in [0.2, 0.25) is 0 Å². The fourth-order valence-electron chi connectivity index (χ4n) is 2.40. The number of benzene rings is 1. The molecule has 110 valence electrons. The molecule has 1 heterocycles. The molecule has 1 aromatic rings. The number of carbonyl (C=O) groups excluding carboxylic acids is 1. The average molecular weight is 289 g/mol. The SMILES string of the molecule is O=C(Cc1cccc(F)c1)N1CCCC(C(F)(F)F)C1. The summed E-state index contributed by atoms with van der Waals surface area (Å²) in [6.45, 7) is 0.0401. The van der Waals surface area contributed by atoms with Crippen LogP contribution in [0.4, 0.5) is 17.6 Å². The van der Waals surface area contributed by atoms with Crippen LogP contribution in [0.1, 0.15) is 18.4 Å². The number of piperidine rings is 1. The molecule has 6 heteroatoms. The van der Waals surface area contributed by atoms with Crippen molar-refractivity contribution in [1.82, 2.24) is 4.90 Å². The summed E-state index contributed by atoms with van der Waals surface area (Å²) < 4.78 is 51.0. The van der Waals surface area contributed by atoms with Crippen LogP contribution in [0.5, 0.6) is 0 Å². The molecule has 0 saturated carbocycles. The fourth-order valence-corrected chi connectivity index (χ4v) is 2.40. The van der Waals surface area contributed by atoms with Gasteiger partial charge in [-0.25, -0.2) is 4.39 Å². The van der Waals surface area contributed by atoms with Crippen molar-refractivity contribution in [3.8, 4) is 0 Å². The van der Waals surface area contributed by atoms with Gasteiger partial charge in [0.2, 0.25) is 5.91 Å². The zero-order valence-electron chi connectivity index (χ0n) is 10.8. The number of carbonyl (C=O) groups is 1. The minimum absolute atomic E-state index is 0.0627. The third-order valence-electron chi connectivity index (χ3n) is 3.48. The lowest BCUT2D eigenvalue weighted by Crippen LogP contribution is -2.45. The van der Waals surface area contributed by atoms with E-state index in [1.165, 1.54) is 23.1 Å². The van der Waals surface area contributed by atoms with Crippen LogP contribution in [0, 0.1) is 11.7 Å². The van der Waals surface area contributed by atoms with E-state index in [1.807, 2.05) is 0 Å². The van der Waals surface area contributed by atoms with Gasteiger partial charge in [-0.1, -0.05) is 12.1 Å². The van der Waals surface area contributed by atoms with Crippen LogP contribution in [-0.2, 0) is 11.2 Å². The van der Waals surface area contributed by atoms with E-state index < -0.39 is 17.9 Å². The maximum absolute atomic E-state index is 13.0. The van der Waals surface area contributed by atoms with E-state index in [9.17, 15) is 22.4 Å². The molecular formula is C14H15F4NO. The van der Waals surface area contributed by atoms with Gasteiger partial charge >= 0.3 is 6.18 Å². The standard InChI is InChI=1S/C14H15F4NO/c15-12-5-1-3-10(7-12)8-13(20)19-6-2-4-11(9-19)14(16,17)18/h1,3,5,7,11H,2,4,6,8-9H2. The summed E-state index contributed by atoms with van der Waals surface area (Å²) in [7, 11) is 0. The third kappa shape index (κ3) is 3.71. The Hall–Kier alpha value is -1.59. The molecule has 1 aromatic carbocycles. The van der Waals surface area contributed by atoms with E-state index in [0.29, 0.717) is 18.5 Å². The van der Waals surface area contributed by atoms with E-state index in [4.69, 9.17) is 0 Å². The number of likely N-dealkylation sites (tertiary alicyclic amines) is 1. The molecule has 1 amide bonds. The lowest BCUT2D eigenvalue weighted by atomic mass is 9.97. The van der Waals surface area contributed by atoms with Crippen molar-refractivity contribution in [2.24, 2.45) is 5.92 Å². The Morgan fingerprint density at radius 2 is 2.10 bits per heavy atom. The van der Waals surface area contributed by atoms with E-state index >= 15 is 0 Å². The Kier molecular flexibility index (Phi) is 4.30. The number of hydrogen-bond acceptors (Lipinski definition) is 1. The van der Waals surface area contributed by atoms with Crippen molar-refractivity contribution in [3.05, 3.63) is 35.6 Å². The van der Waals surface area contributed by atoms with Gasteiger partial charge in [-0.15, -0.1) is 0 Å². The highest BCUT2D eigenvalue weighted by Crippen LogP contribution is 2.33. The highest BCUT2D eigenvalue weighted by molar-refractivity contribution is 5.78. The summed E-state index contributed by atoms with van der Waals surface area (Å²) in [5.41, 5.74) is 0.476. The van der Waals surface area contributed by atoms with E-state index in [1.54, 1.807) is 6.07 Å². The second kappa shape index (κ2) is 5.81. The fraction of sp³-hybridized carbons (Fsp3) is 0.500. The summed E-state index contributed by atoms with van der Waals surface area (Å²) in [6, 6.07) is 5.55. The minimum Gasteiger partial charge on any atom is -0.342 e. The molecule has 0 bridgehead atoms. The predicted octanol–water partition coefficient (Wildman–Crippen LogP) is 3.17. The van der Waals surface area contributed by atoms with E-state index in [-0.39, 0.29) is 25.3 Å². The van der Waals surface area contributed by atoms with Crippen molar-refractivity contribution < 1.29 is 22.4 Å². The molecule has 0 radical (unpaired) electrons. The second-order valence-corrected chi connectivity index (χ2v) is 5.03. The van der Waals surface area contributed by atoms with Crippen LogP contribution >= 0.6 is 0 Å². The summed E-state index contributed by atoms with van der Waals surface area (Å²) in [4.78, 5) is 13.2. The quantitative estimate of drug-likeness (QED) is 0.766. The van der Waals surface area contributed by atoms with Crippen LogP contribution < -0.4 is 0 Å². The number of rotatable bonds is 2. The first-order chi connectivity index (χ1) is 9.36. The van der Waals surface area contributed by atoms with Gasteiger partial charge in [0, 0.05) is 13.1 Å². The molecule has 0 spiro atoms. The van der Waals surface area contributed by atoms with Gasteiger partial charge in [0.25, 0.3) is 0 Å². The average Bonchev–Trinajstić information content (AvgIpc) is 2.38. The van der Waals surface area contributed by atoms with Gasteiger partial charge in [0.1, 0.15) is 5.82 Å². The number of alkyl halides is 3. The molecule has 20 heavy (non-hydrogen) atoms.